The number of carbonyl (C=O) groups is 1. The van der Waals surface area contributed by atoms with E-state index in [1.54, 1.807) is 16.6 Å². The monoisotopic (exact) mass is 314 g/mol. The Kier molecular flexibility index (Phi) is 4.67. The highest BCUT2D eigenvalue weighted by Crippen LogP contribution is 2.21. The van der Waals surface area contributed by atoms with Crippen LogP contribution in [0.1, 0.15) is 18.5 Å². The quantitative estimate of drug-likeness (QED) is 0.787. The first kappa shape index (κ1) is 16.0. The van der Waals surface area contributed by atoms with Crippen molar-refractivity contribution in [2.75, 3.05) is 26.4 Å². The zero-order valence-corrected chi connectivity index (χ0v) is 13.5. The lowest BCUT2D eigenvalue weighted by Gasteiger charge is -2.31. The first-order valence-electron chi connectivity index (χ1n) is 6.96. The molecular formula is C13H22N4O3S. The Morgan fingerprint density at radius 3 is 2.52 bits per heavy atom. The Morgan fingerprint density at radius 1 is 1.43 bits per heavy atom. The van der Waals surface area contributed by atoms with Crippen molar-refractivity contribution in [2.24, 2.45) is 13.0 Å². The molecule has 1 fully saturated rings. The highest BCUT2D eigenvalue weighted by atomic mass is 32.2. The molecule has 1 saturated heterocycles. The molecule has 0 aliphatic carbocycles. The minimum atomic E-state index is -3.15. The summed E-state index contributed by atoms with van der Waals surface area (Å²) in [5, 5.41) is 4.26. The summed E-state index contributed by atoms with van der Waals surface area (Å²) in [6, 6.07) is 1.88. The molecule has 1 aromatic rings. The summed E-state index contributed by atoms with van der Waals surface area (Å²) in [5.74, 6) is -0.0366. The van der Waals surface area contributed by atoms with Crippen molar-refractivity contribution >= 4 is 15.9 Å². The minimum absolute atomic E-state index is 0.0637. The Balaban J connectivity index is 1.89. The molecule has 2 rings (SSSR count). The second kappa shape index (κ2) is 6.15. The number of nitrogens with zero attached hydrogens (tertiary/aromatic N) is 4. The van der Waals surface area contributed by atoms with Crippen molar-refractivity contribution in [3.8, 4) is 0 Å². The Labute approximate surface area is 125 Å². The van der Waals surface area contributed by atoms with Gasteiger partial charge in [0.25, 0.3) is 0 Å². The highest BCUT2D eigenvalue weighted by Gasteiger charge is 2.30. The van der Waals surface area contributed by atoms with Crippen LogP contribution in [0.2, 0.25) is 0 Å². The summed E-state index contributed by atoms with van der Waals surface area (Å²) in [6.45, 7) is 1.32. The van der Waals surface area contributed by atoms with Gasteiger partial charge in [0.15, 0.2) is 0 Å². The molecule has 118 valence electrons. The van der Waals surface area contributed by atoms with Gasteiger partial charge in [0.05, 0.1) is 18.5 Å². The van der Waals surface area contributed by atoms with E-state index in [9.17, 15) is 13.2 Å². The first-order chi connectivity index (χ1) is 9.77. The standard InChI is InChI=1S/C13H22N4O3S/c1-15(10-12-6-7-16(2)14-12)13(18)11-4-8-17(9-5-11)21(3,19)20/h6-7,11H,4-5,8-10H2,1-3H3. The summed E-state index contributed by atoms with van der Waals surface area (Å²) in [7, 11) is 0.458. The van der Waals surface area contributed by atoms with Gasteiger partial charge in [0, 0.05) is 39.3 Å². The summed E-state index contributed by atoms with van der Waals surface area (Å²) in [6.07, 6.45) is 4.22. The molecule has 2 heterocycles. The van der Waals surface area contributed by atoms with Crippen LogP contribution < -0.4 is 0 Å². The van der Waals surface area contributed by atoms with Gasteiger partial charge in [-0.15, -0.1) is 0 Å². The van der Waals surface area contributed by atoms with Crippen LogP contribution in [0.5, 0.6) is 0 Å². The van der Waals surface area contributed by atoms with E-state index < -0.39 is 10.0 Å². The molecular weight excluding hydrogens is 292 g/mol. The van der Waals surface area contributed by atoms with E-state index in [-0.39, 0.29) is 11.8 Å². The smallest absolute Gasteiger partial charge is 0.225 e. The molecule has 0 radical (unpaired) electrons. The molecule has 8 heteroatoms. The van der Waals surface area contributed by atoms with E-state index >= 15 is 0 Å². The third-order valence-electron chi connectivity index (χ3n) is 3.82. The highest BCUT2D eigenvalue weighted by molar-refractivity contribution is 7.88. The third kappa shape index (κ3) is 4.04. The van der Waals surface area contributed by atoms with Crippen molar-refractivity contribution < 1.29 is 13.2 Å². The van der Waals surface area contributed by atoms with Crippen LogP contribution in [0.25, 0.3) is 0 Å². The summed E-state index contributed by atoms with van der Waals surface area (Å²) in [5.41, 5.74) is 0.849. The Bertz CT molecular complexity index is 603. The van der Waals surface area contributed by atoms with Crippen molar-refractivity contribution in [1.29, 1.82) is 0 Å². The second-order valence-electron chi connectivity index (χ2n) is 5.61. The topological polar surface area (TPSA) is 75.5 Å². The van der Waals surface area contributed by atoms with Crippen molar-refractivity contribution in [3.63, 3.8) is 0 Å². The third-order valence-corrected chi connectivity index (χ3v) is 5.12. The van der Waals surface area contributed by atoms with Crippen molar-refractivity contribution in [1.82, 2.24) is 19.0 Å². The summed E-state index contributed by atoms with van der Waals surface area (Å²) >= 11 is 0. The van der Waals surface area contributed by atoms with Crippen molar-refractivity contribution in [3.05, 3.63) is 18.0 Å². The lowest BCUT2D eigenvalue weighted by atomic mass is 9.96. The van der Waals surface area contributed by atoms with Crippen LogP contribution >= 0.6 is 0 Å². The van der Waals surface area contributed by atoms with Gasteiger partial charge in [0.1, 0.15) is 0 Å². The number of rotatable bonds is 4. The predicted molar refractivity (Wildman–Crippen MR) is 78.8 cm³/mol. The zero-order valence-electron chi connectivity index (χ0n) is 12.7. The fraction of sp³-hybridized carbons (Fsp3) is 0.692. The molecule has 1 aromatic heterocycles. The van der Waals surface area contributed by atoms with Gasteiger partial charge < -0.3 is 4.90 Å². The molecule has 1 aliphatic heterocycles. The van der Waals surface area contributed by atoms with Crippen LogP contribution in [-0.4, -0.2) is 59.7 Å². The van der Waals surface area contributed by atoms with Crippen LogP contribution in [0.4, 0.5) is 0 Å². The van der Waals surface area contributed by atoms with Crippen LogP contribution in [0.15, 0.2) is 12.3 Å². The molecule has 21 heavy (non-hydrogen) atoms. The molecule has 7 nitrogen and oxygen atoms in total. The molecule has 0 aromatic carbocycles. The maximum atomic E-state index is 12.4. The van der Waals surface area contributed by atoms with Crippen LogP contribution in [0.3, 0.4) is 0 Å². The maximum Gasteiger partial charge on any atom is 0.225 e. The van der Waals surface area contributed by atoms with Crippen LogP contribution in [0, 0.1) is 5.92 Å². The predicted octanol–water partition coefficient (Wildman–Crippen LogP) is 0.0501. The van der Waals surface area contributed by atoms with Crippen LogP contribution in [-0.2, 0) is 28.4 Å². The molecule has 1 aliphatic rings. The number of carbonyl (C=O) groups excluding carboxylic acids is 1. The molecule has 0 spiro atoms. The Morgan fingerprint density at radius 2 is 2.05 bits per heavy atom. The van der Waals surface area contributed by atoms with Gasteiger partial charge in [-0.1, -0.05) is 0 Å². The summed E-state index contributed by atoms with van der Waals surface area (Å²) < 4.78 is 26.1. The number of aromatic nitrogens is 2. The number of hydrogen-bond acceptors (Lipinski definition) is 4. The number of hydrogen-bond donors (Lipinski definition) is 0. The molecule has 0 saturated carbocycles. The van der Waals surface area contributed by atoms with Gasteiger partial charge in [-0.25, -0.2) is 12.7 Å². The SMILES string of the molecule is CN(Cc1ccn(C)n1)C(=O)C1CCN(S(C)(=O)=O)CC1. The molecule has 0 bridgehead atoms. The van der Waals surface area contributed by atoms with E-state index in [1.165, 1.54) is 10.6 Å². The van der Waals surface area contributed by atoms with E-state index in [0.717, 1.165) is 5.69 Å². The maximum absolute atomic E-state index is 12.4. The number of amides is 1. The first-order valence-corrected chi connectivity index (χ1v) is 8.81. The fourth-order valence-corrected chi connectivity index (χ4v) is 3.49. The molecule has 1 amide bonds. The lowest BCUT2D eigenvalue weighted by molar-refractivity contribution is -0.136. The normalized spacial score (nSPS) is 17.9. The summed E-state index contributed by atoms with van der Waals surface area (Å²) in [4.78, 5) is 14.1. The largest absolute Gasteiger partial charge is 0.340 e. The van der Waals surface area contributed by atoms with Gasteiger partial charge >= 0.3 is 0 Å². The number of sulfonamides is 1. The lowest BCUT2D eigenvalue weighted by Crippen LogP contribution is -2.43. The van der Waals surface area contributed by atoms with Gasteiger partial charge in [-0.3, -0.25) is 9.48 Å². The number of piperidine rings is 1. The zero-order chi connectivity index (χ0) is 15.6. The van der Waals surface area contributed by atoms with Gasteiger partial charge in [-0.05, 0) is 18.9 Å². The van der Waals surface area contributed by atoms with E-state index in [0.29, 0.717) is 32.5 Å². The second-order valence-corrected chi connectivity index (χ2v) is 7.59. The average Bonchev–Trinajstić information content (AvgIpc) is 2.82. The fourth-order valence-electron chi connectivity index (χ4n) is 2.61. The van der Waals surface area contributed by atoms with Crippen molar-refractivity contribution in [2.45, 2.75) is 19.4 Å². The van der Waals surface area contributed by atoms with E-state index in [1.807, 2.05) is 19.3 Å². The Hall–Kier alpha value is -1.41. The average molecular weight is 314 g/mol. The molecule has 0 unspecified atom stereocenters. The van der Waals surface area contributed by atoms with Gasteiger partial charge in [0.2, 0.25) is 15.9 Å². The minimum Gasteiger partial charge on any atom is -0.340 e. The number of aryl methyl sites for hydroxylation is 1. The molecule has 0 atom stereocenters. The van der Waals surface area contributed by atoms with Gasteiger partial charge in [-0.2, -0.15) is 5.10 Å². The molecule has 0 N–H and O–H groups in total. The van der Waals surface area contributed by atoms with E-state index in [2.05, 4.69) is 5.10 Å². The van der Waals surface area contributed by atoms with E-state index in [4.69, 9.17) is 0 Å².